The van der Waals surface area contributed by atoms with E-state index >= 15 is 0 Å². The van der Waals surface area contributed by atoms with Crippen molar-refractivity contribution in [2.75, 3.05) is 5.75 Å². The first-order valence-electron chi connectivity index (χ1n) is 7.30. The molecule has 128 valence electrons. The van der Waals surface area contributed by atoms with Crippen LogP contribution in [0, 0.1) is 5.92 Å². The highest BCUT2D eigenvalue weighted by Crippen LogP contribution is 2.06. The van der Waals surface area contributed by atoms with Crippen molar-refractivity contribution in [2.45, 2.75) is 38.8 Å². The maximum atomic E-state index is 12.4. The number of nitrogens with zero attached hydrogens (tertiary/aromatic N) is 1. The van der Waals surface area contributed by atoms with Crippen molar-refractivity contribution < 1.29 is 14.4 Å². The van der Waals surface area contributed by atoms with E-state index in [2.05, 4.69) is 33.2 Å². The van der Waals surface area contributed by atoms with E-state index in [0.29, 0.717) is 12.1 Å². The van der Waals surface area contributed by atoms with Crippen LogP contribution in [0.1, 0.15) is 26.0 Å². The Balaban J connectivity index is 2.80. The number of carbonyl (C=O) groups excluding carboxylic acids is 3. The number of aromatic nitrogens is 2. The summed E-state index contributed by atoms with van der Waals surface area (Å²) in [7, 11) is 0. The summed E-state index contributed by atoms with van der Waals surface area (Å²) in [6.45, 7) is 3.85. The largest absolute Gasteiger partial charge is 0.368 e. The summed E-state index contributed by atoms with van der Waals surface area (Å²) in [6, 6.07) is -1.62. The predicted octanol–water partition coefficient (Wildman–Crippen LogP) is -0.617. The Morgan fingerprint density at radius 1 is 1.30 bits per heavy atom. The van der Waals surface area contributed by atoms with Crippen LogP contribution in [0.3, 0.4) is 0 Å². The van der Waals surface area contributed by atoms with E-state index in [-0.39, 0.29) is 24.0 Å². The van der Waals surface area contributed by atoms with E-state index in [1.807, 2.05) is 13.8 Å². The Labute approximate surface area is 140 Å². The van der Waals surface area contributed by atoms with Crippen LogP contribution in [0.5, 0.6) is 0 Å². The highest BCUT2D eigenvalue weighted by molar-refractivity contribution is 7.81. The van der Waals surface area contributed by atoms with Gasteiger partial charge in [-0.25, -0.2) is 4.98 Å². The maximum Gasteiger partial charge on any atom is 0.243 e. The molecule has 0 spiro atoms. The molecule has 1 rings (SSSR count). The molecule has 9 heteroatoms. The van der Waals surface area contributed by atoms with Crippen LogP contribution in [0.25, 0.3) is 0 Å². The first-order chi connectivity index (χ1) is 10.8. The van der Waals surface area contributed by atoms with Gasteiger partial charge in [-0.1, -0.05) is 13.8 Å². The number of primary amides is 1. The Morgan fingerprint density at radius 2 is 2.00 bits per heavy atom. The number of nitrogens with two attached hydrogens (primary N) is 1. The van der Waals surface area contributed by atoms with E-state index in [4.69, 9.17) is 5.73 Å². The Bertz CT molecular complexity index is 533. The number of hydrogen-bond donors (Lipinski definition) is 5. The minimum Gasteiger partial charge on any atom is -0.368 e. The number of hydrogen-bond acceptors (Lipinski definition) is 5. The lowest BCUT2D eigenvalue weighted by atomic mass is 10.0. The van der Waals surface area contributed by atoms with Crippen molar-refractivity contribution in [3.8, 4) is 0 Å². The smallest absolute Gasteiger partial charge is 0.243 e. The molecule has 0 aromatic carbocycles. The second kappa shape index (κ2) is 9.19. The maximum absolute atomic E-state index is 12.4. The summed E-state index contributed by atoms with van der Waals surface area (Å²) >= 11 is 3.88. The lowest BCUT2D eigenvalue weighted by Crippen LogP contribution is -2.54. The highest BCUT2D eigenvalue weighted by Gasteiger charge is 2.26. The van der Waals surface area contributed by atoms with Gasteiger partial charge >= 0.3 is 0 Å². The number of amides is 3. The topological polar surface area (TPSA) is 130 Å². The SMILES string of the molecule is CC(C)C[C@H](NC(=O)[C@H](Cc1cnc[nH]1)NC(=O)CS)C(N)=O. The van der Waals surface area contributed by atoms with Crippen LogP contribution in [0.2, 0.25) is 0 Å². The van der Waals surface area contributed by atoms with Crippen molar-refractivity contribution in [3.63, 3.8) is 0 Å². The monoisotopic (exact) mass is 341 g/mol. The molecule has 0 bridgehead atoms. The second-order valence-corrected chi connectivity index (χ2v) is 5.97. The van der Waals surface area contributed by atoms with Crippen molar-refractivity contribution in [3.05, 3.63) is 18.2 Å². The molecule has 23 heavy (non-hydrogen) atoms. The standard InChI is InChI=1S/C14H23N5O3S/c1-8(2)3-10(13(15)21)19-14(22)11(18-12(20)6-23)4-9-5-16-7-17-9/h5,7-8,10-11,23H,3-4,6H2,1-2H3,(H2,15,21)(H,16,17)(H,18,20)(H,19,22)/t10-,11-/m0/s1. The molecule has 0 saturated heterocycles. The molecule has 0 fully saturated rings. The molecule has 2 atom stereocenters. The van der Waals surface area contributed by atoms with Gasteiger partial charge in [0.2, 0.25) is 17.7 Å². The number of carbonyl (C=O) groups is 3. The van der Waals surface area contributed by atoms with Crippen LogP contribution in [0.15, 0.2) is 12.5 Å². The van der Waals surface area contributed by atoms with Crippen LogP contribution in [-0.2, 0) is 20.8 Å². The lowest BCUT2D eigenvalue weighted by Gasteiger charge is -2.22. The van der Waals surface area contributed by atoms with E-state index < -0.39 is 23.9 Å². The number of imidazole rings is 1. The zero-order valence-corrected chi connectivity index (χ0v) is 14.1. The molecule has 1 aromatic heterocycles. The second-order valence-electron chi connectivity index (χ2n) is 5.65. The summed E-state index contributed by atoms with van der Waals surface area (Å²) < 4.78 is 0. The van der Waals surface area contributed by atoms with E-state index in [9.17, 15) is 14.4 Å². The predicted molar refractivity (Wildman–Crippen MR) is 88.7 cm³/mol. The highest BCUT2D eigenvalue weighted by atomic mass is 32.1. The van der Waals surface area contributed by atoms with Crippen molar-refractivity contribution in [1.29, 1.82) is 0 Å². The average Bonchev–Trinajstić information content (AvgIpc) is 2.97. The number of thiol groups is 1. The van der Waals surface area contributed by atoms with Crippen molar-refractivity contribution in [1.82, 2.24) is 20.6 Å². The van der Waals surface area contributed by atoms with Gasteiger partial charge in [-0.15, -0.1) is 0 Å². The third-order valence-corrected chi connectivity index (χ3v) is 3.43. The minimum absolute atomic E-state index is 0.0437. The van der Waals surface area contributed by atoms with Gasteiger partial charge in [0.1, 0.15) is 12.1 Å². The summed E-state index contributed by atoms with van der Waals surface area (Å²) in [5.74, 6) is -1.32. The number of H-pyrrole nitrogens is 1. The molecule has 0 aliphatic heterocycles. The summed E-state index contributed by atoms with van der Waals surface area (Å²) in [5, 5.41) is 5.18. The molecule has 0 unspecified atom stereocenters. The van der Waals surface area contributed by atoms with Crippen LogP contribution in [-0.4, -0.2) is 45.5 Å². The van der Waals surface area contributed by atoms with Gasteiger partial charge in [0.25, 0.3) is 0 Å². The lowest BCUT2D eigenvalue weighted by molar-refractivity contribution is -0.131. The molecule has 1 aromatic rings. The molecule has 1 heterocycles. The first-order valence-corrected chi connectivity index (χ1v) is 7.93. The molecule has 8 nitrogen and oxygen atoms in total. The van der Waals surface area contributed by atoms with Crippen LogP contribution in [0.4, 0.5) is 0 Å². The average molecular weight is 341 g/mol. The van der Waals surface area contributed by atoms with Gasteiger partial charge in [-0.3, -0.25) is 14.4 Å². The van der Waals surface area contributed by atoms with Gasteiger partial charge < -0.3 is 21.4 Å². The van der Waals surface area contributed by atoms with Gasteiger partial charge in [0, 0.05) is 18.3 Å². The fourth-order valence-electron chi connectivity index (χ4n) is 2.06. The number of rotatable bonds is 9. The van der Waals surface area contributed by atoms with Crippen molar-refractivity contribution >= 4 is 30.4 Å². The third kappa shape index (κ3) is 6.72. The molecule has 0 aliphatic carbocycles. The third-order valence-electron chi connectivity index (χ3n) is 3.14. The zero-order chi connectivity index (χ0) is 17.4. The fraction of sp³-hybridized carbons (Fsp3) is 0.571. The van der Waals surface area contributed by atoms with Crippen LogP contribution >= 0.6 is 12.6 Å². The summed E-state index contributed by atoms with van der Waals surface area (Å²) in [5.41, 5.74) is 6.01. The van der Waals surface area contributed by atoms with E-state index in [0.717, 1.165) is 0 Å². The van der Waals surface area contributed by atoms with Gasteiger partial charge in [-0.2, -0.15) is 12.6 Å². The molecule has 5 N–H and O–H groups in total. The molecule has 0 aliphatic rings. The molecule has 0 saturated carbocycles. The molecule has 0 radical (unpaired) electrons. The summed E-state index contributed by atoms with van der Waals surface area (Å²) in [4.78, 5) is 42.2. The van der Waals surface area contributed by atoms with Gasteiger partial charge in [0.15, 0.2) is 0 Å². The number of nitrogens with one attached hydrogen (secondary N) is 3. The Hall–Kier alpha value is -2.03. The van der Waals surface area contributed by atoms with Gasteiger partial charge in [-0.05, 0) is 12.3 Å². The van der Waals surface area contributed by atoms with Gasteiger partial charge in [0.05, 0.1) is 12.1 Å². The minimum atomic E-state index is -0.843. The normalized spacial score (nSPS) is 13.4. The van der Waals surface area contributed by atoms with Crippen LogP contribution < -0.4 is 16.4 Å². The summed E-state index contributed by atoms with van der Waals surface area (Å²) in [6.07, 6.45) is 3.69. The van der Waals surface area contributed by atoms with E-state index in [1.54, 1.807) is 6.20 Å². The first kappa shape index (κ1) is 19.0. The Kier molecular flexibility index (Phi) is 7.60. The fourth-order valence-corrected chi connectivity index (χ4v) is 2.15. The Morgan fingerprint density at radius 3 is 2.48 bits per heavy atom. The van der Waals surface area contributed by atoms with Crippen molar-refractivity contribution in [2.24, 2.45) is 11.7 Å². The number of aromatic amines is 1. The quantitative estimate of drug-likeness (QED) is 0.383. The van der Waals surface area contributed by atoms with E-state index in [1.165, 1.54) is 6.33 Å². The zero-order valence-electron chi connectivity index (χ0n) is 13.2. The molecule has 3 amide bonds. The molecular weight excluding hydrogens is 318 g/mol. The molecular formula is C14H23N5O3S.